The summed E-state index contributed by atoms with van der Waals surface area (Å²) in [5.41, 5.74) is 12.8. The predicted molar refractivity (Wildman–Crippen MR) is 272 cm³/mol. The van der Waals surface area contributed by atoms with Crippen molar-refractivity contribution in [2.45, 2.75) is 178 Å². The van der Waals surface area contributed by atoms with Gasteiger partial charge in [-0.1, -0.05) is 211 Å². The minimum atomic E-state index is 0.00608. The van der Waals surface area contributed by atoms with E-state index in [0.29, 0.717) is 0 Å². The van der Waals surface area contributed by atoms with Gasteiger partial charge < -0.3 is 15.5 Å². The number of hydrogen-bond donors (Lipinski definition) is 1. The summed E-state index contributed by atoms with van der Waals surface area (Å²) >= 11 is 6.71. The molecule has 59 heavy (non-hydrogen) atoms. The van der Waals surface area contributed by atoms with Crippen LogP contribution in [-0.4, -0.2) is 31.6 Å². The minimum absolute atomic E-state index is 0.00608. The molecule has 0 saturated carbocycles. The molecule has 0 heterocycles. The van der Waals surface area contributed by atoms with Crippen molar-refractivity contribution in [2.24, 2.45) is 5.73 Å². The first-order valence-electron chi connectivity index (χ1n) is 22.9. The summed E-state index contributed by atoms with van der Waals surface area (Å²) in [5.74, 6) is 0. The van der Waals surface area contributed by atoms with E-state index in [1.54, 1.807) is 0 Å². The number of unbranched alkanes of at least 4 members (excludes halogenated alkanes) is 8. The zero-order chi connectivity index (χ0) is 45.5. The number of aryl methyl sites for hydroxylation is 2. The lowest BCUT2D eigenvalue weighted by Crippen LogP contribution is -2.25. The average molecular weight is 831 g/mol. The van der Waals surface area contributed by atoms with E-state index >= 15 is 0 Å². The van der Waals surface area contributed by atoms with Crippen LogP contribution in [0.25, 0.3) is 0 Å². The Hall–Kier alpha value is -3.29. The molecule has 0 saturated heterocycles. The van der Waals surface area contributed by atoms with Crippen molar-refractivity contribution in [1.29, 1.82) is 0 Å². The molecule has 4 heteroatoms. The first-order valence-corrected chi connectivity index (χ1v) is 23.3. The fourth-order valence-corrected chi connectivity index (χ4v) is 6.49. The van der Waals surface area contributed by atoms with E-state index in [1.807, 2.05) is 12.3 Å². The molecule has 3 aromatic rings. The number of anilines is 1. The molecule has 0 bridgehead atoms. The van der Waals surface area contributed by atoms with Crippen LogP contribution >= 0.6 is 11.6 Å². The van der Waals surface area contributed by atoms with Crippen LogP contribution in [-0.2, 0) is 11.8 Å². The maximum atomic E-state index is 6.71. The van der Waals surface area contributed by atoms with E-state index in [1.165, 1.54) is 106 Å². The van der Waals surface area contributed by atoms with Crippen LogP contribution in [0.3, 0.4) is 0 Å². The van der Waals surface area contributed by atoms with Crippen LogP contribution in [0.2, 0.25) is 5.02 Å². The molecular weight excluding hydrogens is 738 g/mol. The molecule has 0 fully saturated rings. The van der Waals surface area contributed by atoms with Crippen LogP contribution < -0.4 is 10.6 Å². The number of halogens is 1. The van der Waals surface area contributed by atoms with Gasteiger partial charge in [0.25, 0.3) is 0 Å². The molecule has 0 aliphatic rings. The molecule has 0 aliphatic carbocycles. The second-order valence-corrected chi connectivity index (χ2v) is 16.9. The third kappa shape index (κ3) is 30.4. The summed E-state index contributed by atoms with van der Waals surface area (Å²) in [6, 6.07) is 23.9. The Kier molecular flexibility index (Phi) is 40.8. The van der Waals surface area contributed by atoms with Gasteiger partial charge in [-0.3, -0.25) is 0 Å². The van der Waals surface area contributed by atoms with Crippen molar-refractivity contribution in [3.8, 4) is 12.8 Å². The third-order valence-electron chi connectivity index (χ3n) is 9.39. The zero-order valence-electron chi connectivity index (χ0n) is 40.5. The molecule has 0 aromatic heterocycles. The maximum Gasteiger partial charge on any atom is 0.0625 e. The quantitative estimate of drug-likeness (QED) is 0.0699. The number of benzene rings is 3. The van der Waals surface area contributed by atoms with Crippen molar-refractivity contribution >= 4 is 17.3 Å². The van der Waals surface area contributed by atoms with Gasteiger partial charge in [0, 0.05) is 17.3 Å². The fraction of sp³-hybridized carbons (Fsp3) is 0.564. The Morgan fingerprint density at radius 1 is 0.729 bits per heavy atom. The Balaban J connectivity index is -0.000000887. The van der Waals surface area contributed by atoms with E-state index in [9.17, 15) is 0 Å². The van der Waals surface area contributed by atoms with E-state index in [0.717, 1.165) is 42.2 Å². The van der Waals surface area contributed by atoms with Gasteiger partial charge in [0.05, 0.1) is 6.04 Å². The molecule has 0 radical (unpaired) electrons. The topological polar surface area (TPSA) is 32.5 Å². The molecule has 0 amide bonds. The summed E-state index contributed by atoms with van der Waals surface area (Å²) in [4.78, 5) is 4.60. The van der Waals surface area contributed by atoms with Crippen molar-refractivity contribution in [3.63, 3.8) is 0 Å². The molecule has 1 unspecified atom stereocenters. The van der Waals surface area contributed by atoms with Gasteiger partial charge in [0.2, 0.25) is 0 Å². The van der Waals surface area contributed by atoms with Crippen molar-refractivity contribution < 1.29 is 0 Å². The molecule has 0 aliphatic heterocycles. The van der Waals surface area contributed by atoms with Gasteiger partial charge in [-0.2, -0.15) is 0 Å². The van der Waals surface area contributed by atoms with Gasteiger partial charge >= 0.3 is 0 Å². The van der Waals surface area contributed by atoms with Crippen molar-refractivity contribution in [2.75, 3.05) is 31.6 Å². The van der Waals surface area contributed by atoms with Crippen LogP contribution in [0.5, 0.6) is 0 Å². The largest absolute Gasteiger partial charge is 0.341 e. The Morgan fingerprint density at radius 3 is 1.71 bits per heavy atom. The Morgan fingerprint density at radius 2 is 1.25 bits per heavy atom. The molecule has 334 valence electrons. The standard InChI is InChI=1S/C28H32ClN.C10H23N.C9H19N.2C3H8.C2H2/c1-7-30(24-16-17-25(26(29)19-24)28(4,5)6)27(22-14-12-20(2)13-15-22)18-23-11-9-8-10-21(23)3;1-2-3-4-5-6-7-8-9-10-11;1-4-6-8-10(3)9-7-5-2;2*1-3-2;1-2/h7-17,19,27H,1,18H2,2-6H3;2-11H2,1H3;4H,1,5-9H2,2-3H3;2*3H2,1-2H3;1-2H. The number of nitrogens with zero attached hydrogens (tertiary/aromatic N) is 2. The highest BCUT2D eigenvalue weighted by Gasteiger charge is 2.23. The molecule has 0 spiro atoms. The van der Waals surface area contributed by atoms with E-state index in [2.05, 4.69) is 186 Å². The van der Waals surface area contributed by atoms with Gasteiger partial charge in [-0.25, -0.2) is 0 Å². The van der Waals surface area contributed by atoms with Crippen molar-refractivity contribution in [1.82, 2.24) is 4.90 Å². The monoisotopic (exact) mass is 830 g/mol. The minimum Gasteiger partial charge on any atom is -0.341 e. The average Bonchev–Trinajstić information content (AvgIpc) is 3.21. The second kappa shape index (κ2) is 40.1. The summed E-state index contributed by atoms with van der Waals surface area (Å²) in [5, 5.41) is 0.797. The van der Waals surface area contributed by atoms with Gasteiger partial charge in [-0.15, -0.1) is 19.4 Å². The van der Waals surface area contributed by atoms with E-state index < -0.39 is 0 Å². The highest BCUT2D eigenvalue weighted by Crippen LogP contribution is 2.37. The molecule has 3 nitrogen and oxygen atoms in total. The first-order chi connectivity index (χ1) is 28.3. The Labute approximate surface area is 373 Å². The summed E-state index contributed by atoms with van der Waals surface area (Å²) in [6.45, 7) is 34.9. The highest BCUT2D eigenvalue weighted by molar-refractivity contribution is 6.31. The summed E-state index contributed by atoms with van der Waals surface area (Å²) < 4.78 is 0. The molecule has 3 rings (SSSR count). The Bertz CT molecular complexity index is 1410. The molecular formula is C55H92ClN3. The fourth-order valence-electron chi connectivity index (χ4n) is 6.03. The number of terminal acetylenes is 1. The SMILES string of the molecule is C#C.C=CCCN(C)CCCC.C=CN(c1ccc(C(C)(C)C)c(Cl)c1)C(Cc1ccccc1C)c1ccc(C)cc1.CCC.CCC.CCCCCCCCCCN. The summed E-state index contributed by atoms with van der Waals surface area (Å²) in [7, 11) is 2.17. The maximum absolute atomic E-state index is 6.71. The molecule has 3 aromatic carbocycles. The highest BCUT2D eigenvalue weighted by atomic mass is 35.5. The van der Waals surface area contributed by atoms with Crippen LogP contribution in [0.4, 0.5) is 5.69 Å². The zero-order valence-corrected chi connectivity index (χ0v) is 41.3. The first kappa shape index (κ1) is 60.0. The summed E-state index contributed by atoms with van der Waals surface area (Å²) in [6.07, 6.45) is 30.0. The normalized spacial score (nSPS) is 10.7. The molecule has 2 N–H and O–H groups in total. The van der Waals surface area contributed by atoms with Crippen LogP contribution in [0, 0.1) is 26.7 Å². The van der Waals surface area contributed by atoms with Gasteiger partial charge in [-0.05, 0) is 106 Å². The number of rotatable bonds is 20. The lowest BCUT2D eigenvalue weighted by atomic mass is 9.86. The number of hydrogen-bond acceptors (Lipinski definition) is 3. The van der Waals surface area contributed by atoms with Crippen LogP contribution in [0.1, 0.15) is 180 Å². The smallest absolute Gasteiger partial charge is 0.0625 e. The lowest BCUT2D eigenvalue weighted by Gasteiger charge is -2.33. The van der Waals surface area contributed by atoms with E-state index in [4.69, 9.17) is 17.3 Å². The molecule has 1 atom stereocenters. The lowest BCUT2D eigenvalue weighted by molar-refractivity contribution is 0.334. The van der Waals surface area contributed by atoms with Gasteiger partial charge in [0.1, 0.15) is 0 Å². The number of nitrogens with two attached hydrogens (primary N) is 1. The second-order valence-electron chi connectivity index (χ2n) is 16.5. The van der Waals surface area contributed by atoms with Crippen LogP contribution in [0.15, 0.2) is 92.2 Å². The van der Waals surface area contributed by atoms with E-state index in [-0.39, 0.29) is 11.5 Å². The van der Waals surface area contributed by atoms with Gasteiger partial charge in [0.15, 0.2) is 0 Å². The third-order valence-corrected chi connectivity index (χ3v) is 9.71. The predicted octanol–water partition coefficient (Wildman–Crippen LogP) is 16.7. The van der Waals surface area contributed by atoms with Crippen molar-refractivity contribution in [3.05, 3.63) is 125 Å².